The summed E-state index contributed by atoms with van der Waals surface area (Å²) in [6.07, 6.45) is -5.23. The van der Waals surface area contributed by atoms with Gasteiger partial charge in [-0.25, -0.2) is 9.59 Å². The highest BCUT2D eigenvalue weighted by molar-refractivity contribution is 6.09. The van der Waals surface area contributed by atoms with Crippen LogP contribution in [-0.4, -0.2) is 32.1 Å². The summed E-state index contributed by atoms with van der Waals surface area (Å²) < 4.78 is 40.2. The normalized spacial score (nSPS) is 11.2. The van der Waals surface area contributed by atoms with Gasteiger partial charge < -0.3 is 20.9 Å². The Morgan fingerprint density at radius 1 is 1.11 bits per heavy atom. The Balaban J connectivity index is 3.25. The van der Waals surface area contributed by atoms with E-state index in [2.05, 4.69) is 0 Å². The number of nitrogens with one attached hydrogen (secondary N) is 1. The monoisotopic (exact) mass is 387 g/mol. The number of benzene rings is 1. The van der Waals surface area contributed by atoms with Crippen molar-refractivity contribution >= 4 is 23.4 Å². The number of H-pyrrole nitrogens is 1. The third-order valence-corrected chi connectivity index (χ3v) is 3.47. The zero-order chi connectivity index (χ0) is 20.7. The minimum atomic E-state index is -5.23. The first-order valence-electron chi connectivity index (χ1n) is 6.75. The molecule has 0 saturated heterocycles. The average Bonchev–Trinajstić information content (AvgIpc) is 2.51. The van der Waals surface area contributed by atoms with Gasteiger partial charge in [0, 0.05) is 11.6 Å². The highest BCUT2D eigenvalue weighted by Crippen LogP contribution is 2.44. The number of aromatic carboxylic acids is 2. The second-order valence-electron chi connectivity index (χ2n) is 5.06. The second kappa shape index (κ2) is 6.44. The average molecular weight is 387 g/mol. The number of aromatic amines is 1. The molecule has 142 valence electrons. The van der Waals surface area contributed by atoms with Gasteiger partial charge in [0.05, 0.1) is 16.1 Å². The van der Waals surface area contributed by atoms with E-state index in [1.807, 2.05) is 0 Å². The molecule has 0 radical (unpaired) electrons. The van der Waals surface area contributed by atoms with Crippen LogP contribution in [0.15, 0.2) is 23.0 Å². The number of nitro groups is 1. The maximum Gasteiger partial charge on any atom is 0.417 e. The van der Waals surface area contributed by atoms with Crippen molar-refractivity contribution in [2.75, 3.05) is 5.73 Å². The summed E-state index contributed by atoms with van der Waals surface area (Å²) in [5, 5.41) is 29.7. The van der Waals surface area contributed by atoms with E-state index in [0.717, 1.165) is 0 Å². The molecule has 0 amide bonds. The largest absolute Gasteiger partial charge is 0.478 e. The van der Waals surface area contributed by atoms with Crippen LogP contribution in [0.5, 0.6) is 0 Å². The number of nitrogen functional groups attached to an aromatic ring is 1. The molecule has 2 rings (SSSR count). The molecular weight excluding hydrogens is 379 g/mol. The van der Waals surface area contributed by atoms with Gasteiger partial charge in [0.25, 0.3) is 11.2 Å². The lowest BCUT2D eigenvalue weighted by Crippen LogP contribution is -2.25. The number of nitrogens with zero attached hydrogens (tertiary/aromatic N) is 1. The van der Waals surface area contributed by atoms with Crippen LogP contribution in [-0.2, 0) is 6.18 Å². The van der Waals surface area contributed by atoms with Crippen molar-refractivity contribution in [2.45, 2.75) is 6.18 Å². The predicted molar refractivity (Wildman–Crippen MR) is 82.5 cm³/mol. The summed E-state index contributed by atoms with van der Waals surface area (Å²) in [6.45, 7) is 0. The molecule has 13 heteroatoms. The fourth-order valence-corrected chi connectivity index (χ4v) is 2.49. The van der Waals surface area contributed by atoms with E-state index in [1.165, 1.54) is 0 Å². The molecule has 5 N–H and O–H groups in total. The molecule has 2 aromatic rings. The van der Waals surface area contributed by atoms with Gasteiger partial charge in [0.1, 0.15) is 16.9 Å². The molecule has 1 aromatic heterocycles. The third-order valence-electron chi connectivity index (χ3n) is 3.47. The smallest absolute Gasteiger partial charge is 0.417 e. The van der Waals surface area contributed by atoms with Crippen LogP contribution in [0.2, 0.25) is 0 Å². The van der Waals surface area contributed by atoms with Gasteiger partial charge in [-0.1, -0.05) is 6.07 Å². The Kier molecular flexibility index (Phi) is 4.63. The molecule has 0 spiro atoms. The molecule has 10 nitrogen and oxygen atoms in total. The molecule has 0 atom stereocenters. The number of hydrogen-bond acceptors (Lipinski definition) is 6. The third kappa shape index (κ3) is 3.29. The summed E-state index contributed by atoms with van der Waals surface area (Å²) in [6, 6.07) is 1.68. The van der Waals surface area contributed by atoms with Crippen molar-refractivity contribution in [2.24, 2.45) is 0 Å². The Hall–Kier alpha value is -3.90. The van der Waals surface area contributed by atoms with Gasteiger partial charge in [-0.3, -0.25) is 14.9 Å². The number of halogens is 3. The van der Waals surface area contributed by atoms with E-state index in [-0.39, 0.29) is 0 Å². The SMILES string of the molecule is Nc1[nH]c(=O)c(C(=O)O)c(-c2c([N+](=O)[O-])cccc2C(F)(F)F)c1C(=O)O. The minimum absolute atomic E-state index is 0.386. The Labute approximate surface area is 145 Å². The molecule has 0 aliphatic heterocycles. The van der Waals surface area contributed by atoms with Crippen LogP contribution >= 0.6 is 0 Å². The van der Waals surface area contributed by atoms with Crippen LogP contribution in [0.3, 0.4) is 0 Å². The summed E-state index contributed by atoms with van der Waals surface area (Å²) in [4.78, 5) is 46.5. The van der Waals surface area contributed by atoms with Crippen molar-refractivity contribution in [1.29, 1.82) is 0 Å². The Morgan fingerprint density at radius 2 is 1.67 bits per heavy atom. The molecule has 0 bridgehead atoms. The topological polar surface area (TPSA) is 177 Å². The van der Waals surface area contributed by atoms with E-state index in [9.17, 15) is 47.9 Å². The van der Waals surface area contributed by atoms with Crippen LogP contribution in [0.25, 0.3) is 11.1 Å². The molecule has 1 aromatic carbocycles. The van der Waals surface area contributed by atoms with E-state index >= 15 is 0 Å². The van der Waals surface area contributed by atoms with Crippen molar-refractivity contribution in [1.82, 2.24) is 4.98 Å². The first kappa shape index (κ1) is 19.4. The van der Waals surface area contributed by atoms with Crippen LogP contribution in [0.4, 0.5) is 24.7 Å². The lowest BCUT2D eigenvalue weighted by atomic mass is 9.90. The number of carbonyl (C=O) groups is 2. The maximum atomic E-state index is 13.4. The van der Waals surface area contributed by atoms with E-state index in [1.54, 1.807) is 4.98 Å². The Morgan fingerprint density at radius 3 is 2.11 bits per heavy atom. The maximum absolute atomic E-state index is 13.4. The van der Waals surface area contributed by atoms with Gasteiger partial charge in [-0.15, -0.1) is 0 Å². The molecule has 0 aliphatic carbocycles. The fourth-order valence-electron chi connectivity index (χ4n) is 2.49. The standard InChI is InChI=1S/C14H8F3N3O7/c15-14(16,17)4-2-1-3-5(20(26)27)6(4)7-8(12(22)23)10(18)19-11(21)9(7)13(24)25/h1-3H,(H,22,23)(H,24,25)(H3,18,19,21). The second-order valence-corrected chi connectivity index (χ2v) is 5.06. The summed E-state index contributed by atoms with van der Waals surface area (Å²) in [5.41, 5.74) is -4.48. The van der Waals surface area contributed by atoms with E-state index < -0.39 is 67.9 Å². The number of nitrogens with two attached hydrogens (primary N) is 1. The molecule has 0 saturated carbocycles. The summed E-state index contributed by atoms with van der Waals surface area (Å²) in [5.74, 6) is -5.05. The number of hydrogen-bond donors (Lipinski definition) is 4. The van der Waals surface area contributed by atoms with Gasteiger partial charge in [0.15, 0.2) is 0 Å². The zero-order valence-corrected chi connectivity index (χ0v) is 12.8. The first-order valence-corrected chi connectivity index (χ1v) is 6.75. The molecule has 0 aliphatic rings. The van der Waals surface area contributed by atoms with Crippen LogP contribution in [0, 0.1) is 10.1 Å². The number of pyridine rings is 1. The summed E-state index contributed by atoms with van der Waals surface area (Å²) in [7, 11) is 0. The van der Waals surface area contributed by atoms with E-state index in [4.69, 9.17) is 5.73 Å². The molecule has 0 fully saturated rings. The van der Waals surface area contributed by atoms with Gasteiger partial charge in [-0.2, -0.15) is 13.2 Å². The lowest BCUT2D eigenvalue weighted by Gasteiger charge is -2.17. The van der Waals surface area contributed by atoms with Crippen LogP contribution < -0.4 is 11.3 Å². The van der Waals surface area contributed by atoms with Crippen LogP contribution in [0.1, 0.15) is 26.3 Å². The number of carboxylic acid groups (broad SMARTS) is 2. The molecule has 0 unspecified atom stereocenters. The number of nitro benzene ring substituents is 1. The number of alkyl halides is 3. The zero-order valence-electron chi connectivity index (χ0n) is 12.8. The van der Waals surface area contributed by atoms with Crippen molar-refractivity contribution in [3.8, 4) is 11.1 Å². The van der Waals surface area contributed by atoms with Crippen molar-refractivity contribution in [3.63, 3.8) is 0 Å². The number of anilines is 1. The van der Waals surface area contributed by atoms with E-state index in [0.29, 0.717) is 18.2 Å². The fraction of sp³-hybridized carbons (Fsp3) is 0.0714. The van der Waals surface area contributed by atoms with Crippen molar-refractivity contribution < 1.29 is 37.9 Å². The molecule has 27 heavy (non-hydrogen) atoms. The highest BCUT2D eigenvalue weighted by atomic mass is 19.4. The number of aromatic nitrogens is 1. The number of rotatable bonds is 4. The minimum Gasteiger partial charge on any atom is -0.478 e. The van der Waals surface area contributed by atoms with Gasteiger partial charge >= 0.3 is 18.1 Å². The lowest BCUT2D eigenvalue weighted by molar-refractivity contribution is -0.384. The summed E-state index contributed by atoms with van der Waals surface area (Å²) >= 11 is 0. The predicted octanol–water partition coefficient (Wildman–Crippen LogP) is 1.95. The molecular formula is C14H8F3N3O7. The number of carboxylic acids is 2. The Bertz CT molecular complexity index is 1040. The quantitative estimate of drug-likeness (QED) is 0.454. The van der Waals surface area contributed by atoms with Crippen molar-refractivity contribution in [3.05, 3.63) is 55.4 Å². The van der Waals surface area contributed by atoms with Gasteiger partial charge in [0.2, 0.25) is 0 Å². The van der Waals surface area contributed by atoms with Gasteiger partial charge in [-0.05, 0) is 6.07 Å². The molecule has 1 heterocycles. The first-order chi connectivity index (χ1) is 12.4. The highest BCUT2D eigenvalue weighted by Gasteiger charge is 2.41.